The monoisotopic (exact) mass is 266 g/mol. The Balaban J connectivity index is 2.32. The van der Waals surface area contributed by atoms with Crippen LogP contribution in [-0.2, 0) is 0 Å². The first kappa shape index (κ1) is 14.2. The third-order valence-corrected chi connectivity index (χ3v) is 3.65. The topological polar surface area (TPSA) is 15.3 Å². The third-order valence-electron chi connectivity index (χ3n) is 3.65. The molecule has 0 bridgehead atoms. The zero-order chi connectivity index (χ0) is 13.8. The first-order valence-corrected chi connectivity index (χ1v) is 6.65. The molecule has 104 valence electrons. The molecule has 1 atom stereocenters. The second-order valence-electron chi connectivity index (χ2n) is 4.93. The molecular formula is C15H20F2N2. The summed E-state index contributed by atoms with van der Waals surface area (Å²) in [6.45, 7) is 8.75. The minimum absolute atomic E-state index is 0.130. The van der Waals surface area contributed by atoms with Crippen molar-refractivity contribution in [1.82, 2.24) is 10.2 Å². The lowest BCUT2D eigenvalue weighted by molar-refractivity contribution is 0.170. The number of nitrogens with one attached hydrogen (secondary N) is 1. The minimum Gasteiger partial charge on any atom is -0.314 e. The van der Waals surface area contributed by atoms with Crippen molar-refractivity contribution in [2.75, 3.05) is 26.2 Å². The summed E-state index contributed by atoms with van der Waals surface area (Å²) in [5, 5.41) is 3.26. The predicted molar refractivity (Wildman–Crippen MR) is 73.1 cm³/mol. The molecule has 2 nitrogen and oxygen atoms in total. The van der Waals surface area contributed by atoms with E-state index in [1.54, 1.807) is 25.1 Å². The summed E-state index contributed by atoms with van der Waals surface area (Å²) in [5.41, 5.74) is 0.781. The van der Waals surface area contributed by atoms with Gasteiger partial charge >= 0.3 is 0 Å². The van der Waals surface area contributed by atoms with E-state index in [-0.39, 0.29) is 6.04 Å². The second-order valence-corrected chi connectivity index (χ2v) is 4.93. The number of rotatable bonds is 4. The molecule has 0 spiro atoms. The Morgan fingerprint density at radius 2 is 2.00 bits per heavy atom. The fourth-order valence-electron chi connectivity index (χ4n) is 2.54. The van der Waals surface area contributed by atoms with Gasteiger partial charge in [-0.25, -0.2) is 8.78 Å². The normalized spacial score (nSPS) is 18.3. The summed E-state index contributed by atoms with van der Waals surface area (Å²) in [6, 6.07) is 3.21. The summed E-state index contributed by atoms with van der Waals surface area (Å²) >= 11 is 0. The van der Waals surface area contributed by atoms with E-state index in [1.165, 1.54) is 0 Å². The van der Waals surface area contributed by atoms with Crippen LogP contribution >= 0.6 is 0 Å². The zero-order valence-corrected chi connectivity index (χ0v) is 11.3. The van der Waals surface area contributed by atoms with E-state index >= 15 is 0 Å². The van der Waals surface area contributed by atoms with E-state index in [2.05, 4.69) is 16.8 Å². The Kier molecular flexibility index (Phi) is 4.66. The first-order chi connectivity index (χ1) is 9.15. The van der Waals surface area contributed by atoms with E-state index in [1.807, 2.05) is 0 Å². The molecule has 1 N–H and O–H groups in total. The summed E-state index contributed by atoms with van der Waals surface area (Å²) in [5.74, 6) is -1.45. The number of hydrogen-bond donors (Lipinski definition) is 1. The van der Waals surface area contributed by atoms with Crippen molar-refractivity contribution in [2.45, 2.75) is 19.4 Å². The van der Waals surface area contributed by atoms with Gasteiger partial charge in [0.15, 0.2) is 11.6 Å². The number of piperazine rings is 1. The van der Waals surface area contributed by atoms with Crippen molar-refractivity contribution >= 4 is 0 Å². The molecule has 0 radical (unpaired) electrons. The summed E-state index contributed by atoms with van der Waals surface area (Å²) in [6.07, 6.45) is 2.39. The van der Waals surface area contributed by atoms with Gasteiger partial charge in [0, 0.05) is 37.8 Å². The lowest BCUT2D eigenvalue weighted by Gasteiger charge is -2.35. The van der Waals surface area contributed by atoms with Crippen LogP contribution in [0.1, 0.15) is 23.6 Å². The molecule has 1 heterocycles. The van der Waals surface area contributed by atoms with Gasteiger partial charge in [-0.3, -0.25) is 4.90 Å². The maximum Gasteiger partial charge on any atom is 0.163 e. The van der Waals surface area contributed by atoms with Gasteiger partial charge in [-0.1, -0.05) is 18.2 Å². The van der Waals surface area contributed by atoms with Gasteiger partial charge in [0.2, 0.25) is 0 Å². The molecule has 19 heavy (non-hydrogen) atoms. The molecule has 1 aliphatic heterocycles. The number of benzene rings is 1. The van der Waals surface area contributed by atoms with E-state index in [4.69, 9.17) is 0 Å². The number of halogens is 2. The molecular weight excluding hydrogens is 246 g/mol. The van der Waals surface area contributed by atoms with Crippen molar-refractivity contribution in [1.29, 1.82) is 0 Å². The fourth-order valence-corrected chi connectivity index (χ4v) is 2.54. The van der Waals surface area contributed by atoms with Crippen molar-refractivity contribution < 1.29 is 8.78 Å². The van der Waals surface area contributed by atoms with Crippen molar-refractivity contribution in [3.8, 4) is 0 Å². The van der Waals surface area contributed by atoms with E-state index in [0.29, 0.717) is 17.5 Å². The molecule has 0 saturated carbocycles. The maximum atomic E-state index is 14.1. The van der Waals surface area contributed by atoms with Crippen LogP contribution in [-0.4, -0.2) is 31.1 Å². The highest BCUT2D eigenvalue weighted by Crippen LogP contribution is 2.29. The van der Waals surface area contributed by atoms with E-state index < -0.39 is 11.6 Å². The molecule has 1 aromatic rings. The highest BCUT2D eigenvalue weighted by molar-refractivity contribution is 5.28. The lowest BCUT2D eigenvalue weighted by atomic mass is 9.99. The zero-order valence-electron chi connectivity index (χ0n) is 11.3. The SMILES string of the molecule is C=CC[C@@H](c1ccc(C)c(F)c1F)N1CCNCC1. The minimum atomic E-state index is -0.735. The van der Waals surface area contributed by atoms with Crippen molar-refractivity contribution in [3.63, 3.8) is 0 Å². The summed E-state index contributed by atoms with van der Waals surface area (Å²) < 4.78 is 27.9. The van der Waals surface area contributed by atoms with E-state index in [9.17, 15) is 8.78 Å². The number of nitrogens with zero attached hydrogens (tertiary/aromatic N) is 1. The Hall–Kier alpha value is -1.26. The van der Waals surface area contributed by atoms with Gasteiger partial charge in [0.25, 0.3) is 0 Å². The van der Waals surface area contributed by atoms with Gasteiger partial charge in [0.1, 0.15) is 0 Å². The Bertz CT molecular complexity index is 454. The molecule has 0 amide bonds. The van der Waals surface area contributed by atoms with Crippen LogP contribution in [0.2, 0.25) is 0 Å². The Morgan fingerprint density at radius 3 is 2.63 bits per heavy atom. The van der Waals surface area contributed by atoms with Gasteiger partial charge < -0.3 is 5.32 Å². The molecule has 4 heteroatoms. The predicted octanol–water partition coefficient (Wildman–Crippen LogP) is 2.80. The van der Waals surface area contributed by atoms with Crippen molar-refractivity contribution in [3.05, 3.63) is 47.5 Å². The van der Waals surface area contributed by atoms with Crippen molar-refractivity contribution in [2.24, 2.45) is 0 Å². The Morgan fingerprint density at radius 1 is 1.32 bits per heavy atom. The van der Waals surface area contributed by atoms with Gasteiger partial charge in [-0.05, 0) is 18.9 Å². The number of hydrogen-bond acceptors (Lipinski definition) is 2. The quantitative estimate of drug-likeness (QED) is 0.843. The average molecular weight is 266 g/mol. The molecule has 1 aliphatic rings. The number of aryl methyl sites for hydroxylation is 1. The second kappa shape index (κ2) is 6.26. The van der Waals surface area contributed by atoms with E-state index in [0.717, 1.165) is 26.2 Å². The standard InChI is InChI=1S/C15H20F2N2/c1-3-4-13(19-9-7-18-8-10-19)12-6-5-11(2)14(16)15(12)17/h3,5-6,13,18H,1,4,7-10H2,2H3/t13-/m0/s1. The van der Waals surface area contributed by atoms with Crippen LogP contribution in [0.3, 0.4) is 0 Å². The molecule has 1 aromatic carbocycles. The maximum absolute atomic E-state index is 14.1. The molecule has 0 unspecified atom stereocenters. The first-order valence-electron chi connectivity index (χ1n) is 6.65. The highest BCUT2D eigenvalue weighted by Gasteiger charge is 2.25. The van der Waals surface area contributed by atoms with Crippen LogP contribution in [0, 0.1) is 18.6 Å². The molecule has 0 aliphatic carbocycles. The summed E-state index contributed by atoms with van der Waals surface area (Å²) in [4.78, 5) is 2.19. The largest absolute Gasteiger partial charge is 0.314 e. The third kappa shape index (κ3) is 3.01. The van der Waals surface area contributed by atoms with Gasteiger partial charge in [-0.15, -0.1) is 6.58 Å². The van der Waals surface area contributed by atoms with Crippen LogP contribution in [0.5, 0.6) is 0 Å². The van der Waals surface area contributed by atoms with Crippen LogP contribution in [0.25, 0.3) is 0 Å². The molecule has 1 fully saturated rings. The van der Waals surface area contributed by atoms with Gasteiger partial charge in [-0.2, -0.15) is 0 Å². The molecule has 2 rings (SSSR count). The van der Waals surface area contributed by atoms with Crippen LogP contribution in [0.15, 0.2) is 24.8 Å². The highest BCUT2D eigenvalue weighted by atomic mass is 19.2. The molecule has 1 saturated heterocycles. The Labute approximate surface area is 113 Å². The average Bonchev–Trinajstić information content (AvgIpc) is 2.44. The molecule has 0 aromatic heterocycles. The smallest absolute Gasteiger partial charge is 0.163 e. The summed E-state index contributed by atoms with van der Waals surface area (Å²) in [7, 11) is 0. The van der Waals surface area contributed by atoms with Gasteiger partial charge in [0.05, 0.1) is 0 Å². The fraction of sp³-hybridized carbons (Fsp3) is 0.467. The lowest BCUT2D eigenvalue weighted by Crippen LogP contribution is -2.45. The van der Waals surface area contributed by atoms with Crippen LogP contribution < -0.4 is 5.32 Å². The van der Waals surface area contributed by atoms with Crippen LogP contribution in [0.4, 0.5) is 8.78 Å².